The van der Waals surface area contributed by atoms with Crippen LogP contribution in [0.4, 0.5) is 0 Å². The Labute approximate surface area is 139 Å². The normalized spacial score (nSPS) is 12.7. The number of nitrogens with zero attached hydrogens (tertiary/aromatic N) is 1. The first-order valence-corrected chi connectivity index (χ1v) is 10.0. The van der Waals surface area contributed by atoms with E-state index in [9.17, 15) is 0 Å². The standard InChI is InChI=1S/C18H31NS2/c1-15(2)14-20-12-10-8-6-7-9-11-16-13-17(21-19-16)18(3,4)5/h9,11,13,15H,6-8,10,12,14H2,1-5H3/b11-9+. The van der Waals surface area contributed by atoms with Gasteiger partial charge in [0, 0.05) is 4.88 Å². The highest BCUT2D eigenvalue weighted by molar-refractivity contribution is 7.99. The Bertz CT molecular complexity index is 413. The number of aromatic nitrogens is 1. The molecule has 0 fully saturated rings. The van der Waals surface area contributed by atoms with Gasteiger partial charge < -0.3 is 0 Å². The maximum atomic E-state index is 4.51. The molecule has 0 amide bonds. The van der Waals surface area contributed by atoms with Gasteiger partial charge in [0.2, 0.25) is 0 Å². The SMILES string of the molecule is CC(C)CSCCCCC/C=C/c1cc(C(C)(C)C)sn1. The van der Waals surface area contributed by atoms with E-state index in [4.69, 9.17) is 0 Å². The van der Waals surface area contributed by atoms with Gasteiger partial charge in [0.1, 0.15) is 0 Å². The van der Waals surface area contributed by atoms with Crippen LogP contribution < -0.4 is 0 Å². The summed E-state index contributed by atoms with van der Waals surface area (Å²) in [4.78, 5) is 1.37. The van der Waals surface area contributed by atoms with E-state index >= 15 is 0 Å². The van der Waals surface area contributed by atoms with E-state index in [1.165, 1.54) is 42.1 Å². The van der Waals surface area contributed by atoms with E-state index in [0.717, 1.165) is 11.6 Å². The third-order valence-electron chi connectivity index (χ3n) is 3.17. The van der Waals surface area contributed by atoms with Crippen LogP contribution in [0.3, 0.4) is 0 Å². The topological polar surface area (TPSA) is 12.9 Å². The fraction of sp³-hybridized carbons (Fsp3) is 0.722. The Kier molecular flexibility index (Phi) is 8.65. The number of hydrogen-bond donors (Lipinski definition) is 0. The number of unbranched alkanes of at least 4 members (excludes halogenated alkanes) is 3. The molecule has 1 nitrogen and oxygen atoms in total. The molecule has 0 radical (unpaired) electrons. The monoisotopic (exact) mass is 325 g/mol. The van der Waals surface area contributed by atoms with Crippen molar-refractivity contribution in [2.45, 2.75) is 65.7 Å². The lowest BCUT2D eigenvalue weighted by atomic mass is 9.94. The van der Waals surface area contributed by atoms with Crippen molar-refractivity contribution in [1.29, 1.82) is 0 Å². The molecule has 0 bridgehead atoms. The molecule has 1 aromatic rings. The van der Waals surface area contributed by atoms with Crippen LogP contribution in [0.2, 0.25) is 0 Å². The van der Waals surface area contributed by atoms with Gasteiger partial charge >= 0.3 is 0 Å². The highest BCUT2D eigenvalue weighted by atomic mass is 32.2. The zero-order valence-corrected chi connectivity index (χ0v) is 15.9. The van der Waals surface area contributed by atoms with Crippen LogP contribution in [0, 0.1) is 5.92 Å². The van der Waals surface area contributed by atoms with E-state index in [0.29, 0.717) is 0 Å². The fourth-order valence-corrected chi connectivity index (χ4v) is 3.70. The van der Waals surface area contributed by atoms with E-state index in [1.54, 1.807) is 11.5 Å². The summed E-state index contributed by atoms with van der Waals surface area (Å²) in [6.45, 7) is 11.3. The summed E-state index contributed by atoms with van der Waals surface area (Å²) in [6, 6.07) is 2.23. The Morgan fingerprint density at radius 2 is 2.00 bits per heavy atom. The van der Waals surface area contributed by atoms with Crippen molar-refractivity contribution in [3.63, 3.8) is 0 Å². The van der Waals surface area contributed by atoms with Gasteiger partial charge in [-0.3, -0.25) is 0 Å². The number of allylic oxidation sites excluding steroid dienone is 1. The summed E-state index contributed by atoms with van der Waals surface area (Å²) in [6.07, 6.45) is 9.64. The molecule has 0 aliphatic heterocycles. The molecule has 1 rings (SSSR count). The summed E-state index contributed by atoms with van der Waals surface area (Å²) < 4.78 is 4.51. The van der Waals surface area contributed by atoms with Gasteiger partial charge in [-0.15, -0.1) is 0 Å². The summed E-state index contributed by atoms with van der Waals surface area (Å²) in [7, 11) is 0. The number of hydrogen-bond acceptors (Lipinski definition) is 3. The smallest absolute Gasteiger partial charge is 0.0768 e. The van der Waals surface area contributed by atoms with Gasteiger partial charge in [-0.1, -0.05) is 47.1 Å². The predicted molar refractivity (Wildman–Crippen MR) is 100 cm³/mol. The van der Waals surface area contributed by atoms with Crippen LogP contribution in [0.25, 0.3) is 6.08 Å². The van der Waals surface area contributed by atoms with E-state index in [2.05, 4.69) is 69.0 Å². The second kappa shape index (κ2) is 9.68. The minimum Gasteiger partial charge on any atom is -0.193 e. The van der Waals surface area contributed by atoms with Crippen LogP contribution >= 0.6 is 23.3 Å². The van der Waals surface area contributed by atoms with Gasteiger partial charge in [0.25, 0.3) is 0 Å². The van der Waals surface area contributed by atoms with Crippen molar-refractivity contribution in [2.75, 3.05) is 11.5 Å². The zero-order valence-electron chi connectivity index (χ0n) is 14.3. The molecular formula is C18H31NS2. The summed E-state index contributed by atoms with van der Waals surface area (Å²) >= 11 is 3.73. The van der Waals surface area contributed by atoms with Crippen molar-refractivity contribution in [1.82, 2.24) is 4.37 Å². The summed E-state index contributed by atoms with van der Waals surface area (Å²) in [5, 5.41) is 0. The van der Waals surface area contributed by atoms with Gasteiger partial charge in [-0.25, -0.2) is 0 Å². The zero-order chi connectivity index (χ0) is 15.7. The third-order valence-corrected chi connectivity index (χ3v) is 5.88. The Balaban J connectivity index is 2.11. The first-order chi connectivity index (χ1) is 9.89. The van der Waals surface area contributed by atoms with Crippen molar-refractivity contribution >= 4 is 29.4 Å². The molecule has 0 saturated heterocycles. The molecular weight excluding hydrogens is 294 g/mol. The highest BCUT2D eigenvalue weighted by Gasteiger charge is 2.16. The van der Waals surface area contributed by atoms with Gasteiger partial charge in [0.05, 0.1) is 5.69 Å². The largest absolute Gasteiger partial charge is 0.193 e. The van der Waals surface area contributed by atoms with Crippen LogP contribution in [0.5, 0.6) is 0 Å². The van der Waals surface area contributed by atoms with Gasteiger partial charge in [0.15, 0.2) is 0 Å². The third kappa shape index (κ3) is 8.67. The first kappa shape index (κ1) is 18.8. The molecule has 0 aromatic carbocycles. The highest BCUT2D eigenvalue weighted by Crippen LogP contribution is 2.27. The lowest BCUT2D eigenvalue weighted by Gasteiger charge is -2.13. The molecule has 0 saturated carbocycles. The maximum Gasteiger partial charge on any atom is 0.0768 e. The number of thioether (sulfide) groups is 1. The van der Waals surface area contributed by atoms with Crippen LogP contribution in [0.1, 0.15) is 70.9 Å². The van der Waals surface area contributed by atoms with Crippen molar-refractivity contribution in [2.24, 2.45) is 5.92 Å². The second-order valence-electron chi connectivity index (χ2n) is 7.09. The van der Waals surface area contributed by atoms with Gasteiger partial charge in [-0.05, 0) is 65.8 Å². The van der Waals surface area contributed by atoms with Crippen molar-refractivity contribution in [3.05, 3.63) is 22.7 Å². The van der Waals surface area contributed by atoms with Crippen molar-refractivity contribution < 1.29 is 0 Å². The average molecular weight is 326 g/mol. The lowest BCUT2D eigenvalue weighted by molar-refractivity contribution is 0.604. The molecule has 21 heavy (non-hydrogen) atoms. The lowest BCUT2D eigenvalue weighted by Crippen LogP contribution is -2.07. The van der Waals surface area contributed by atoms with Gasteiger partial charge in [-0.2, -0.15) is 16.1 Å². The first-order valence-electron chi connectivity index (χ1n) is 8.11. The summed E-state index contributed by atoms with van der Waals surface area (Å²) in [5.74, 6) is 3.46. The molecule has 3 heteroatoms. The van der Waals surface area contributed by atoms with Crippen LogP contribution in [-0.4, -0.2) is 15.9 Å². The Morgan fingerprint density at radius 3 is 2.62 bits per heavy atom. The molecule has 1 heterocycles. The van der Waals surface area contributed by atoms with Crippen molar-refractivity contribution in [3.8, 4) is 0 Å². The molecule has 120 valence electrons. The second-order valence-corrected chi connectivity index (χ2v) is 9.04. The van der Waals surface area contributed by atoms with Crippen LogP contribution in [0.15, 0.2) is 12.1 Å². The number of rotatable bonds is 9. The molecule has 1 aromatic heterocycles. The molecule has 0 unspecified atom stereocenters. The van der Waals surface area contributed by atoms with E-state index in [-0.39, 0.29) is 5.41 Å². The molecule has 0 spiro atoms. The minimum atomic E-state index is 0.220. The quantitative estimate of drug-likeness (QED) is 0.487. The predicted octanol–water partition coefficient (Wildman–Crippen LogP) is 6.40. The van der Waals surface area contributed by atoms with Crippen LogP contribution in [-0.2, 0) is 5.41 Å². The Hall–Kier alpha value is -0.280. The minimum absolute atomic E-state index is 0.220. The molecule has 0 atom stereocenters. The Morgan fingerprint density at radius 1 is 1.24 bits per heavy atom. The van der Waals surface area contributed by atoms with E-state index < -0.39 is 0 Å². The molecule has 0 aliphatic rings. The van der Waals surface area contributed by atoms with E-state index in [1.807, 2.05) is 0 Å². The fourth-order valence-electron chi connectivity index (χ4n) is 1.89. The molecule has 0 aliphatic carbocycles. The maximum absolute atomic E-state index is 4.51. The average Bonchev–Trinajstić information content (AvgIpc) is 2.85. The summed E-state index contributed by atoms with van der Waals surface area (Å²) in [5.41, 5.74) is 1.34. The molecule has 0 N–H and O–H groups in total.